The van der Waals surface area contributed by atoms with Gasteiger partial charge in [-0.1, -0.05) is 25.1 Å². The third-order valence-electron chi connectivity index (χ3n) is 2.82. The number of amides is 1. The molecular weight excluding hydrogens is 240 g/mol. The zero-order chi connectivity index (χ0) is 13.9. The number of ether oxygens (including phenoxy) is 1. The maximum absolute atomic E-state index is 11.5. The monoisotopic (exact) mass is 264 g/mol. The molecule has 4 nitrogen and oxygen atoms in total. The predicted molar refractivity (Wildman–Crippen MR) is 77.3 cm³/mol. The molecule has 0 radical (unpaired) electrons. The lowest BCUT2D eigenvalue weighted by molar-refractivity contribution is -0.120. The standard InChI is InChI=1S/C15H24N2O2/c1-3-13(2)17-15(18)12-16-10-7-11-19-14-8-5-4-6-9-14/h4-6,8-9,13,16H,3,7,10-12H2,1-2H3,(H,17,18). The van der Waals surface area contributed by atoms with E-state index in [0.717, 1.165) is 25.1 Å². The smallest absolute Gasteiger partial charge is 0.234 e. The largest absolute Gasteiger partial charge is 0.494 e. The first kappa shape index (κ1) is 15.5. The minimum atomic E-state index is 0.0540. The molecule has 106 valence electrons. The van der Waals surface area contributed by atoms with Gasteiger partial charge in [0.15, 0.2) is 0 Å². The summed E-state index contributed by atoms with van der Waals surface area (Å²) in [7, 11) is 0. The second kappa shape index (κ2) is 9.39. The van der Waals surface area contributed by atoms with Crippen molar-refractivity contribution in [2.45, 2.75) is 32.7 Å². The molecule has 0 aliphatic heterocycles. The van der Waals surface area contributed by atoms with E-state index < -0.39 is 0 Å². The molecule has 0 saturated heterocycles. The van der Waals surface area contributed by atoms with Gasteiger partial charge in [0.2, 0.25) is 5.91 Å². The fourth-order valence-corrected chi connectivity index (χ4v) is 1.53. The third-order valence-corrected chi connectivity index (χ3v) is 2.82. The van der Waals surface area contributed by atoms with Crippen molar-refractivity contribution in [1.29, 1.82) is 0 Å². The summed E-state index contributed by atoms with van der Waals surface area (Å²) in [5.41, 5.74) is 0. The highest BCUT2D eigenvalue weighted by Gasteiger charge is 2.03. The summed E-state index contributed by atoms with van der Waals surface area (Å²) < 4.78 is 5.55. The molecule has 1 amide bonds. The quantitative estimate of drug-likeness (QED) is 0.670. The second-order valence-electron chi connectivity index (χ2n) is 4.57. The van der Waals surface area contributed by atoms with Crippen molar-refractivity contribution >= 4 is 5.91 Å². The van der Waals surface area contributed by atoms with Crippen LogP contribution in [-0.4, -0.2) is 31.6 Å². The van der Waals surface area contributed by atoms with E-state index in [9.17, 15) is 4.79 Å². The Morgan fingerprint density at radius 1 is 1.32 bits per heavy atom. The van der Waals surface area contributed by atoms with Gasteiger partial charge in [-0.15, -0.1) is 0 Å². The lowest BCUT2D eigenvalue weighted by Crippen LogP contribution is -2.39. The van der Waals surface area contributed by atoms with Gasteiger partial charge in [0.1, 0.15) is 5.75 Å². The van der Waals surface area contributed by atoms with Crippen LogP contribution >= 0.6 is 0 Å². The van der Waals surface area contributed by atoms with E-state index in [1.807, 2.05) is 37.3 Å². The molecule has 2 N–H and O–H groups in total. The van der Waals surface area contributed by atoms with Crippen LogP contribution in [0.2, 0.25) is 0 Å². The van der Waals surface area contributed by atoms with E-state index in [2.05, 4.69) is 17.6 Å². The number of nitrogens with one attached hydrogen (secondary N) is 2. The van der Waals surface area contributed by atoms with E-state index in [0.29, 0.717) is 13.2 Å². The van der Waals surface area contributed by atoms with Crippen molar-refractivity contribution in [1.82, 2.24) is 10.6 Å². The van der Waals surface area contributed by atoms with E-state index in [-0.39, 0.29) is 11.9 Å². The summed E-state index contributed by atoms with van der Waals surface area (Å²) in [5, 5.41) is 6.02. The zero-order valence-corrected chi connectivity index (χ0v) is 11.8. The van der Waals surface area contributed by atoms with Gasteiger partial charge in [-0.25, -0.2) is 0 Å². The Morgan fingerprint density at radius 2 is 2.05 bits per heavy atom. The number of benzene rings is 1. The van der Waals surface area contributed by atoms with Crippen LogP contribution in [0.4, 0.5) is 0 Å². The molecule has 1 rings (SSSR count). The van der Waals surface area contributed by atoms with Gasteiger partial charge in [-0.2, -0.15) is 0 Å². The molecule has 1 atom stereocenters. The molecule has 0 aliphatic carbocycles. The van der Waals surface area contributed by atoms with E-state index in [1.165, 1.54) is 0 Å². The molecule has 0 heterocycles. The van der Waals surface area contributed by atoms with Gasteiger partial charge in [0.25, 0.3) is 0 Å². The third kappa shape index (κ3) is 7.47. The average molecular weight is 264 g/mol. The Kier molecular flexibility index (Phi) is 7.66. The van der Waals surface area contributed by atoms with Gasteiger partial charge in [0.05, 0.1) is 13.2 Å². The molecular formula is C15H24N2O2. The predicted octanol–water partition coefficient (Wildman–Crippen LogP) is 1.96. The second-order valence-corrected chi connectivity index (χ2v) is 4.57. The Morgan fingerprint density at radius 3 is 2.74 bits per heavy atom. The Balaban J connectivity index is 1.98. The SMILES string of the molecule is CCC(C)NC(=O)CNCCCOc1ccccc1. The number of hydrogen-bond donors (Lipinski definition) is 2. The van der Waals surface area contributed by atoms with Gasteiger partial charge in [0, 0.05) is 6.04 Å². The summed E-state index contributed by atoms with van der Waals surface area (Å²) in [6, 6.07) is 9.99. The Labute approximate surface area is 115 Å². The molecule has 0 aromatic heterocycles. The minimum Gasteiger partial charge on any atom is -0.494 e. The normalized spacial score (nSPS) is 11.9. The van der Waals surface area contributed by atoms with Crippen LogP contribution in [0.5, 0.6) is 5.75 Å². The minimum absolute atomic E-state index is 0.0540. The van der Waals surface area contributed by atoms with Crippen LogP contribution in [0.25, 0.3) is 0 Å². The van der Waals surface area contributed by atoms with Crippen molar-refractivity contribution in [3.05, 3.63) is 30.3 Å². The molecule has 0 aliphatic rings. The van der Waals surface area contributed by atoms with Crippen LogP contribution in [0.15, 0.2) is 30.3 Å². The molecule has 0 bridgehead atoms. The van der Waals surface area contributed by atoms with Crippen molar-refractivity contribution in [3.8, 4) is 5.75 Å². The van der Waals surface area contributed by atoms with Crippen molar-refractivity contribution in [2.75, 3.05) is 19.7 Å². The lowest BCUT2D eigenvalue weighted by atomic mass is 10.2. The summed E-state index contributed by atoms with van der Waals surface area (Å²) in [5.74, 6) is 0.940. The zero-order valence-electron chi connectivity index (χ0n) is 11.8. The first-order chi connectivity index (χ1) is 9.22. The molecule has 1 unspecified atom stereocenters. The van der Waals surface area contributed by atoms with E-state index in [4.69, 9.17) is 4.74 Å². The molecule has 1 aromatic rings. The highest BCUT2D eigenvalue weighted by atomic mass is 16.5. The highest BCUT2D eigenvalue weighted by Crippen LogP contribution is 2.07. The van der Waals surface area contributed by atoms with Crippen LogP contribution < -0.4 is 15.4 Å². The molecule has 4 heteroatoms. The summed E-state index contributed by atoms with van der Waals surface area (Å²) >= 11 is 0. The highest BCUT2D eigenvalue weighted by molar-refractivity contribution is 5.78. The first-order valence-corrected chi connectivity index (χ1v) is 6.90. The molecule has 0 spiro atoms. The van der Waals surface area contributed by atoms with Crippen molar-refractivity contribution in [2.24, 2.45) is 0 Å². The van der Waals surface area contributed by atoms with Crippen LogP contribution in [0.1, 0.15) is 26.7 Å². The maximum Gasteiger partial charge on any atom is 0.234 e. The topological polar surface area (TPSA) is 50.4 Å². The Hall–Kier alpha value is -1.55. The van der Waals surface area contributed by atoms with Gasteiger partial charge in [-0.05, 0) is 38.4 Å². The van der Waals surface area contributed by atoms with Crippen molar-refractivity contribution in [3.63, 3.8) is 0 Å². The lowest BCUT2D eigenvalue weighted by Gasteiger charge is -2.11. The molecule has 0 saturated carbocycles. The number of carbonyl (C=O) groups excluding carboxylic acids is 1. The number of para-hydroxylation sites is 1. The van der Waals surface area contributed by atoms with Crippen molar-refractivity contribution < 1.29 is 9.53 Å². The fourth-order valence-electron chi connectivity index (χ4n) is 1.53. The van der Waals surface area contributed by atoms with E-state index in [1.54, 1.807) is 0 Å². The van der Waals surface area contributed by atoms with Gasteiger partial charge < -0.3 is 15.4 Å². The molecule has 0 fully saturated rings. The van der Waals surface area contributed by atoms with Crippen LogP contribution in [0, 0.1) is 0 Å². The van der Waals surface area contributed by atoms with Crippen LogP contribution in [-0.2, 0) is 4.79 Å². The van der Waals surface area contributed by atoms with Gasteiger partial charge >= 0.3 is 0 Å². The maximum atomic E-state index is 11.5. The summed E-state index contributed by atoms with van der Waals surface area (Å²) in [6.45, 7) is 5.87. The molecule has 19 heavy (non-hydrogen) atoms. The summed E-state index contributed by atoms with van der Waals surface area (Å²) in [6.07, 6.45) is 1.84. The number of rotatable bonds is 9. The first-order valence-electron chi connectivity index (χ1n) is 6.90. The fraction of sp³-hybridized carbons (Fsp3) is 0.533. The number of carbonyl (C=O) groups is 1. The van der Waals surface area contributed by atoms with Gasteiger partial charge in [-0.3, -0.25) is 4.79 Å². The average Bonchev–Trinajstić information content (AvgIpc) is 2.43. The van der Waals surface area contributed by atoms with Crippen LogP contribution in [0.3, 0.4) is 0 Å². The number of hydrogen-bond acceptors (Lipinski definition) is 3. The summed E-state index contributed by atoms with van der Waals surface area (Å²) in [4.78, 5) is 11.5. The molecule has 1 aromatic carbocycles. The Bertz CT molecular complexity index is 354. The van der Waals surface area contributed by atoms with E-state index >= 15 is 0 Å².